The first kappa shape index (κ1) is 21.2. The lowest BCUT2D eigenvalue weighted by atomic mass is 9.98. The summed E-state index contributed by atoms with van der Waals surface area (Å²) in [5.41, 5.74) is 3.56. The molecule has 3 aromatic carbocycles. The highest BCUT2D eigenvalue weighted by Crippen LogP contribution is 2.40. The van der Waals surface area contributed by atoms with E-state index in [9.17, 15) is 14.9 Å². The van der Waals surface area contributed by atoms with Gasteiger partial charge >= 0.3 is 0 Å². The van der Waals surface area contributed by atoms with Crippen LogP contribution in [0.4, 0.5) is 5.69 Å². The van der Waals surface area contributed by atoms with Gasteiger partial charge in [0.05, 0.1) is 15.0 Å². The summed E-state index contributed by atoms with van der Waals surface area (Å²) >= 11 is 12.3. The van der Waals surface area contributed by atoms with Crippen molar-refractivity contribution in [2.24, 2.45) is 0 Å². The number of hydrogen-bond donors (Lipinski definition) is 0. The minimum Gasteiger partial charge on any atom is -0.454 e. The lowest BCUT2D eigenvalue weighted by molar-refractivity contribution is -0.384. The number of non-ortho nitro benzene ring substituents is 1. The van der Waals surface area contributed by atoms with Crippen molar-refractivity contribution in [1.29, 1.82) is 0 Å². The van der Waals surface area contributed by atoms with Gasteiger partial charge in [-0.05, 0) is 42.7 Å². The van der Waals surface area contributed by atoms with E-state index in [1.54, 1.807) is 18.2 Å². The molecular formula is C23H18Cl2N2O4. The molecule has 3 aromatic rings. The van der Waals surface area contributed by atoms with Crippen LogP contribution in [-0.4, -0.2) is 22.3 Å². The molecule has 0 saturated carbocycles. The van der Waals surface area contributed by atoms with Crippen molar-refractivity contribution in [2.45, 2.75) is 19.9 Å². The molecule has 1 amide bonds. The Morgan fingerprint density at radius 3 is 2.39 bits per heavy atom. The van der Waals surface area contributed by atoms with Gasteiger partial charge in [-0.3, -0.25) is 14.9 Å². The van der Waals surface area contributed by atoms with Crippen LogP contribution >= 0.6 is 23.2 Å². The third kappa shape index (κ3) is 4.50. The number of carbonyl (C=O) groups excluding carboxylic acids is 1. The number of halogens is 2. The molecule has 31 heavy (non-hydrogen) atoms. The lowest BCUT2D eigenvalue weighted by Crippen LogP contribution is -2.37. The normalized spacial score (nSPS) is 13.1. The fourth-order valence-electron chi connectivity index (χ4n) is 3.51. The van der Waals surface area contributed by atoms with E-state index in [0.29, 0.717) is 30.8 Å². The van der Waals surface area contributed by atoms with Crippen LogP contribution in [0.5, 0.6) is 11.5 Å². The quantitative estimate of drug-likeness (QED) is 0.338. The standard InChI is InChI=1S/C23H18Cl2N2O4/c1-14-2-4-15(5-3-14)13-26-9-8-16-10-18(6-7-19(16)23(26)28)31-22-20(24)11-17(27(29)30)12-21(22)25/h2-7,10-12H,8-9,13H2,1H3. The summed E-state index contributed by atoms with van der Waals surface area (Å²) in [4.78, 5) is 25.1. The van der Waals surface area contributed by atoms with Crippen molar-refractivity contribution in [3.63, 3.8) is 0 Å². The highest BCUT2D eigenvalue weighted by atomic mass is 35.5. The summed E-state index contributed by atoms with van der Waals surface area (Å²) in [7, 11) is 0. The van der Waals surface area contributed by atoms with Gasteiger partial charge in [-0.25, -0.2) is 0 Å². The van der Waals surface area contributed by atoms with Crippen LogP contribution in [0.25, 0.3) is 0 Å². The number of ether oxygens (including phenoxy) is 1. The third-order valence-corrected chi connectivity index (χ3v) is 5.71. The van der Waals surface area contributed by atoms with Gasteiger partial charge in [-0.15, -0.1) is 0 Å². The average Bonchev–Trinajstić information content (AvgIpc) is 2.74. The Hall–Kier alpha value is -3.09. The van der Waals surface area contributed by atoms with E-state index in [0.717, 1.165) is 11.1 Å². The Kier molecular flexibility index (Phi) is 5.85. The molecule has 1 aliphatic rings. The second-order valence-corrected chi connectivity index (χ2v) is 8.19. The van der Waals surface area contributed by atoms with Gasteiger partial charge in [-0.1, -0.05) is 53.0 Å². The first-order chi connectivity index (χ1) is 14.8. The minimum absolute atomic E-state index is 0.0280. The van der Waals surface area contributed by atoms with Crippen molar-refractivity contribution >= 4 is 34.8 Å². The van der Waals surface area contributed by atoms with Gasteiger partial charge in [0.2, 0.25) is 0 Å². The zero-order valence-corrected chi connectivity index (χ0v) is 18.1. The highest BCUT2D eigenvalue weighted by molar-refractivity contribution is 6.37. The molecule has 0 unspecified atom stereocenters. The summed E-state index contributed by atoms with van der Waals surface area (Å²) in [6.07, 6.45) is 0.686. The van der Waals surface area contributed by atoms with Gasteiger partial charge in [-0.2, -0.15) is 0 Å². The number of nitro groups is 1. The summed E-state index contributed by atoms with van der Waals surface area (Å²) in [5.74, 6) is 0.563. The first-order valence-corrected chi connectivity index (χ1v) is 10.4. The van der Waals surface area contributed by atoms with Gasteiger partial charge in [0, 0.05) is 30.8 Å². The van der Waals surface area contributed by atoms with E-state index in [4.69, 9.17) is 27.9 Å². The largest absolute Gasteiger partial charge is 0.454 e. The zero-order chi connectivity index (χ0) is 22.1. The molecule has 0 spiro atoms. The summed E-state index contributed by atoms with van der Waals surface area (Å²) in [5, 5.41) is 11.0. The Morgan fingerprint density at radius 2 is 1.74 bits per heavy atom. The van der Waals surface area contributed by atoms with E-state index in [-0.39, 0.29) is 27.4 Å². The van der Waals surface area contributed by atoms with Gasteiger partial charge in [0.25, 0.3) is 11.6 Å². The van der Waals surface area contributed by atoms with Crippen molar-refractivity contribution in [1.82, 2.24) is 4.90 Å². The van der Waals surface area contributed by atoms with Crippen LogP contribution in [0.3, 0.4) is 0 Å². The third-order valence-electron chi connectivity index (χ3n) is 5.15. The highest BCUT2D eigenvalue weighted by Gasteiger charge is 2.25. The molecule has 0 aromatic heterocycles. The van der Waals surface area contributed by atoms with Gasteiger partial charge in [0.15, 0.2) is 5.75 Å². The molecule has 0 N–H and O–H groups in total. The molecule has 0 aliphatic carbocycles. The fourth-order valence-corrected chi connectivity index (χ4v) is 4.06. The second-order valence-electron chi connectivity index (χ2n) is 7.38. The molecule has 0 bridgehead atoms. The van der Waals surface area contributed by atoms with E-state index in [2.05, 4.69) is 0 Å². The topological polar surface area (TPSA) is 72.7 Å². The zero-order valence-electron chi connectivity index (χ0n) is 16.6. The molecule has 158 valence electrons. The molecule has 6 nitrogen and oxygen atoms in total. The number of rotatable bonds is 5. The van der Waals surface area contributed by atoms with Crippen LogP contribution in [0, 0.1) is 17.0 Å². The van der Waals surface area contributed by atoms with E-state index in [1.807, 2.05) is 36.1 Å². The Bertz CT molecular complexity index is 1160. The van der Waals surface area contributed by atoms with E-state index in [1.165, 1.54) is 17.7 Å². The van der Waals surface area contributed by atoms with Crippen molar-refractivity contribution < 1.29 is 14.5 Å². The first-order valence-electron chi connectivity index (χ1n) is 9.61. The SMILES string of the molecule is Cc1ccc(CN2CCc3cc(Oc4c(Cl)cc([N+](=O)[O-])cc4Cl)ccc3C2=O)cc1. The van der Waals surface area contributed by atoms with E-state index >= 15 is 0 Å². The average molecular weight is 457 g/mol. The number of hydrogen-bond acceptors (Lipinski definition) is 4. The Morgan fingerprint density at radius 1 is 1.06 bits per heavy atom. The number of carbonyl (C=O) groups is 1. The molecule has 1 heterocycles. The number of amides is 1. The Balaban J connectivity index is 1.53. The fraction of sp³-hybridized carbons (Fsp3) is 0.174. The summed E-state index contributed by atoms with van der Waals surface area (Å²) < 4.78 is 5.80. The number of benzene rings is 3. The summed E-state index contributed by atoms with van der Waals surface area (Å²) in [6, 6.07) is 15.7. The maximum absolute atomic E-state index is 12.9. The van der Waals surface area contributed by atoms with Crippen LogP contribution in [-0.2, 0) is 13.0 Å². The van der Waals surface area contributed by atoms with Crippen LogP contribution in [0.2, 0.25) is 10.0 Å². The molecule has 0 saturated heterocycles. The maximum Gasteiger partial charge on any atom is 0.272 e. The van der Waals surface area contributed by atoms with E-state index < -0.39 is 4.92 Å². The van der Waals surface area contributed by atoms with Crippen molar-refractivity contribution in [3.05, 3.63) is 97.0 Å². The minimum atomic E-state index is -0.575. The molecule has 0 radical (unpaired) electrons. The molecule has 8 heteroatoms. The van der Waals surface area contributed by atoms with Crippen LogP contribution < -0.4 is 4.74 Å². The van der Waals surface area contributed by atoms with Crippen molar-refractivity contribution in [2.75, 3.05) is 6.54 Å². The number of fused-ring (bicyclic) bond motifs is 1. The molecule has 0 atom stereocenters. The van der Waals surface area contributed by atoms with Crippen molar-refractivity contribution in [3.8, 4) is 11.5 Å². The molecular weight excluding hydrogens is 439 g/mol. The molecule has 0 fully saturated rings. The monoisotopic (exact) mass is 456 g/mol. The number of aryl methyl sites for hydroxylation is 1. The number of nitrogens with zero attached hydrogens (tertiary/aromatic N) is 2. The second kappa shape index (κ2) is 8.57. The predicted octanol–water partition coefficient (Wildman–Crippen LogP) is 6.20. The van der Waals surface area contributed by atoms with Gasteiger partial charge < -0.3 is 9.64 Å². The predicted molar refractivity (Wildman–Crippen MR) is 119 cm³/mol. The Labute approximate surface area is 189 Å². The van der Waals surface area contributed by atoms with Crippen LogP contribution in [0.1, 0.15) is 27.0 Å². The maximum atomic E-state index is 12.9. The van der Waals surface area contributed by atoms with Gasteiger partial charge in [0.1, 0.15) is 5.75 Å². The number of nitro benzene ring substituents is 1. The molecule has 1 aliphatic heterocycles. The lowest BCUT2D eigenvalue weighted by Gasteiger charge is -2.29. The smallest absolute Gasteiger partial charge is 0.272 e. The summed E-state index contributed by atoms with van der Waals surface area (Å²) in [6.45, 7) is 3.19. The molecule has 4 rings (SSSR count). The van der Waals surface area contributed by atoms with Crippen LogP contribution in [0.15, 0.2) is 54.6 Å².